The molecule has 1 aromatic carbocycles. The average molecular weight is 181 g/mol. The second kappa shape index (κ2) is 4.15. The van der Waals surface area contributed by atoms with Crippen molar-refractivity contribution in [3.8, 4) is 0 Å². The molecule has 0 saturated carbocycles. The first-order chi connectivity index (χ1) is 6.24. The molecule has 0 spiro atoms. The van der Waals surface area contributed by atoms with Crippen molar-refractivity contribution in [3.63, 3.8) is 0 Å². The van der Waals surface area contributed by atoms with E-state index in [4.69, 9.17) is 0 Å². The third-order valence-electron chi connectivity index (χ3n) is 1.28. The van der Waals surface area contributed by atoms with Gasteiger partial charge in [0, 0.05) is 17.4 Å². The van der Waals surface area contributed by atoms with Crippen molar-refractivity contribution in [1.29, 1.82) is 0 Å². The molecule has 0 aliphatic heterocycles. The Labute approximate surface area is 74.0 Å². The third-order valence-corrected chi connectivity index (χ3v) is 1.28. The lowest BCUT2D eigenvalue weighted by molar-refractivity contribution is -0.384. The minimum atomic E-state index is -0.494. The van der Waals surface area contributed by atoms with Crippen LogP contribution >= 0.6 is 0 Å². The van der Waals surface area contributed by atoms with Crippen LogP contribution in [0.1, 0.15) is 0 Å². The molecule has 0 heterocycles. The van der Waals surface area contributed by atoms with E-state index < -0.39 is 4.92 Å². The van der Waals surface area contributed by atoms with Crippen LogP contribution in [0.15, 0.2) is 34.7 Å². The molecule has 0 fully saturated rings. The van der Waals surface area contributed by atoms with Gasteiger partial charge in [0.05, 0.1) is 10.6 Å². The summed E-state index contributed by atoms with van der Waals surface area (Å²) in [5, 5.41) is 17.1. The highest BCUT2D eigenvalue weighted by molar-refractivity contribution is 5.45. The molecule has 0 atom stereocenters. The van der Waals surface area contributed by atoms with Crippen LogP contribution in [0, 0.1) is 10.1 Å². The van der Waals surface area contributed by atoms with Crippen LogP contribution in [0.4, 0.5) is 11.4 Å². The Bertz CT molecular complexity index is 338. The molecule has 0 amide bonds. The highest BCUT2D eigenvalue weighted by atomic mass is 16.6. The maximum Gasteiger partial charge on any atom is 0.271 e. The van der Waals surface area contributed by atoms with Gasteiger partial charge in [0.25, 0.3) is 5.69 Å². The number of hydrogen-bond acceptors (Lipinski definition) is 5. The molecule has 0 bridgehead atoms. The molecule has 0 radical (unpaired) electrons. The van der Waals surface area contributed by atoms with Crippen LogP contribution in [0.2, 0.25) is 0 Å². The Morgan fingerprint density at radius 3 is 2.92 bits per heavy atom. The van der Waals surface area contributed by atoms with Gasteiger partial charge in [0.15, 0.2) is 0 Å². The van der Waals surface area contributed by atoms with Gasteiger partial charge in [-0.3, -0.25) is 10.1 Å². The Morgan fingerprint density at radius 1 is 1.54 bits per heavy atom. The summed E-state index contributed by atoms with van der Waals surface area (Å²) in [7, 11) is 1.35. The van der Waals surface area contributed by atoms with Crippen LogP contribution in [0.3, 0.4) is 0 Å². The fraction of sp³-hybridized carbons (Fsp3) is 0.143. The van der Waals surface area contributed by atoms with E-state index in [-0.39, 0.29) is 5.69 Å². The van der Waals surface area contributed by atoms with E-state index in [1.165, 1.54) is 25.3 Å². The maximum absolute atomic E-state index is 10.3. The van der Waals surface area contributed by atoms with Crippen molar-refractivity contribution in [2.24, 2.45) is 10.4 Å². The predicted octanol–water partition coefficient (Wildman–Crippen LogP) is 2.24. The fourth-order valence-electron chi connectivity index (χ4n) is 0.757. The molecule has 0 saturated heterocycles. The van der Waals surface area contributed by atoms with Crippen molar-refractivity contribution in [1.82, 2.24) is 0 Å². The van der Waals surface area contributed by atoms with Gasteiger partial charge in [0.2, 0.25) is 0 Å². The normalized spacial score (nSPS) is 10.2. The molecule has 6 nitrogen and oxygen atoms in total. The van der Waals surface area contributed by atoms with Gasteiger partial charge < -0.3 is 4.84 Å². The average Bonchev–Trinajstić information content (AvgIpc) is 2.15. The molecule has 0 aliphatic rings. The quantitative estimate of drug-likeness (QED) is 0.407. The van der Waals surface area contributed by atoms with Gasteiger partial charge in [-0.2, -0.15) is 0 Å². The Balaban J connectivity index is 2.92. The molecule has 0 aromatic heterocycles. The zero-order chi connectivity index (χ0) is 9.68. The molecular weight excluding hydrogens is 174 g/mol. The molecule has 1 rings (SSSR count). The summed E-state index contributed by atoms with van der Waals surface area (Å²) >= 11 is 0. The van der Waals surface area contributed by atoms with E-state index in [0.29, 0.717) is 5.69 Å². The topological polar surface area (TPSA) is 77.1 Å². The molecule has 0 unspecified atom stereocenters. The highest BCUT2D eigenvalue weighted by Gasteiger charge is 2.04. The van der Waals surface area contributed by atoms with Crippen molar-refractivity contribution in [2.45, 2.75) is 0 Å². The van der Waals surface area contributed by atoms with Crippen molar-refractivity contribution in [3.05, 3.63) is 34.4 Å². The van der Waals surface area contributed by atoms with E-state index in [2.05, 4.69) is 15.2 Å². The Hall–Kier alpha value is -1.98. The number of nitro groups is 1. The summed E-state index contributed by atoms with van der Waals surface area (Å²) in [6.07, 6.45) is 0. The second-order valence-corrected chi connectivity index (χ2v) is 2.14. The van der Waals surface area contributed by atoms with Crippen LogP contribution in [0.25, 0.3) is 0 Å². The highest BCUT2D eigenvalue weighted by Crippen LogP contribution is 2.19. The summed E-state index contributed by atoms with van der Waals surface area (Å²) in [5.41, 5.74) is 0.364. The van der Waals surface area contributed by atoms with E-state index in [0.717, 1.165) is 0 Å². The van der Waals surface area contributed by atoms with Gasteiger partial charge in [-0.1, -0.05) is 6.07 Å². The minimum absolute atomic E-state index is 0.0208. The summed E-state index contributed by atoms with van der Waals surface area (Å²) in [5.74, 6) is 0. The summed E-state index contributed by atoms with van der Waals surface area (Å²) in [6.45, 7) is 0. The predicted molar refractivity (Wildman–Crippen MR) is 44.6 cm³/mol. The lowest BCUT2D eigenvalue weighted by atomic mass is 10.3. The van der Waals surface area contributed by atoms with Gasteiger partial charge in [-0.05, 0) is 6.07 Å². The standard InChI is InChI=1S/C7H7N3O3/c1-13-9-8-6-3-2-4-7(5-6)10(11)12/h2-5H,1H3. The Morgan fingerprint density at radius 2 is 2.31 bits per heavy atom. The van der Waals surface area contributed by atoms with E-state index >= 15 is 0 Å². The lowest BCUT2D eigenvalue weighted by Crippen LogP contribution is -1.85. The molecule has 0 aliphatic carbocycles. The van der Waals surface area contributed by atoms with Crippen LogP contribution < -0.4 is 0 Å². The van der Waals surface area contributed by atoms with E-state index in [9.17, 15) is 10.1 Å². The Kier molecular flexibility index (Phi) is 2.91. The first kappa shape index (κ1) is 9.11. The minimum Gasteiger partial charge on any atom is -0.383 e. The van der Waals surface area contributed by atoms with Gasteiger partial charge in [-0.25, -0.2) is 0 Å². The van der Waals surface area contributed by atoms with Crippen molar-refractivity contribution >= 4 is 11.4 Å². The molecule has 0 N–H and O–H groups in total. The SMILES string of the molecule is CON=Nc1cccc([N+](=O)[O-])c1. The van der Waals surface area contributed by atoms with Gasteiger partial charge >= 0.3 is 0 Å². The number of non-ortho nitro benzene ring substituents is 1. The number of rotatable bonds is 3. The van der Waals surface area contributed by atoms with Crippen molar-refractivity contribution in [2.75, 3.05) is 7.11 Å². The monoisotopic (exact) mass is 181 g/mol. The molecule has 13 heavy (non-hydrogen) atoms. The first-order valence-electron chi connectivity index (χ1n) is 3.42. The molecule has 1 aromatic rings. The van der Waals surface area contributed by atoms with Crippen LogP contribution in [-0.2, 0) is 4.84 Å². The third kappa shape index (κ3) is 2.51. The summed E-state index contributed by atoms with van der Waals surface area (Å²) in [6, 6.07) is 5.81. The number of hydrogen-bond donors (Lipinski definition) is 0. The largest absolute Gasteiger partial charge is 0.383 e. The molecule has 6 heteroatoms. The maximum atomic E-state index is 10.3. The zero-order valence-corrected chi connectivity index (χ0v) is 6.88. The molecular formula is C7H7N3O3. The summed E-state index contributed by atoms with van der Waals surface area (Å²) in [4.78, 5) is 14.2. The number of nitro benzene ring substituents is 1. The lowest BCUT2D eigenvalue weighted by Gasteiger charge is -1.91. The summed E-state index contributed by atoms with van der Waals surface area (Å²) < 4.78 is 0. The molecule has 68 valence electrons. The number of nitrogens with zero attached hydrogens (tertiary/aromatic N) is 3. The van der Waals surface area contributed by atoms with E-state index in [1.807, 2.05) is 0 Å². The second-order valence-electron chi connectivity index (χ2n) is 2.14. The van der Waals surface area contributed by atoms with Gasteiger partial charge in [0.1, 0.15) is 7.11 Å². The van der Waals surface area contributed by atoms with Gasteiger partial charge in [-0.15, -0.1) is 5.11 Å². The van der Waals surface area contributed by atoms with Crippen LogP contribution in [-0.4, -0.2) is 12.0 Å². The van der Waals surface area contributed by atoms with Crippen LogP contribution in [0.5, 0.6) is 0 Å². The fourth-order valence-corrected chi connectivity index (χ4v) is 0.757. The first-order valence-corrected chi connectivity index (χ1v) is 3.42. The smallest absolute Gasteiger partial charge is 0.271 e. The van der Waals surface area contributed by atoms with E-state index in [1.54, 1.807) is 6.07 Å². The number of benzene rings is 1. The zero-order valence-electron chi connectivity index (χ0n) is 6.88. The van der Waals surface area contributed by atoms with Crippen molar-refractivity contribution < 1.29 is 9.76 Å².